The second-order valence-electron chi connectivity index (χ2n) is 9.53. The summed E-state index contributed by atoms with van der Waals surface area (Å²) >= 11 is 3.04. The molecule has 0 saturated carbocycles. The molecule has 0 atom stereocenters. The third-order valence-corrected chi connectivity index (χ3v) is 8.01. The van der Waals surface area contributed by atoms with Crippen molar-refractivity contribution in [2.75, 3.05) is 11.9 Å². The maximum absolute atomic E-state index is 13.2. The third-order valence-electron chi connectivity index (χ3n) is 6.03. The molecule has 1 aliphatic rings. The average molecular weight is 482 g/mol. The zero-order valence-corrected chi connectivity index (χ0v) is 21.4. The highest BCUT2D eigenvalue weighted by atomic mass is 32.1. The number of hydrogen-bond acceptors (Lipinski definition) is 5. The molecule has 0 bridgehead atoms. The van der Waals surface area contributed by atoms with Crippen molar-refractivity contribution in [3.8, 4) is 11.1 Å². The van der Waals surface area contributed by atoms with Gasteiger partial charge in [0.2, 0.25) is 0 Å². The number of ether oxygens (including phenoxy) is 1. The van der Waals surface area contributed by atoms with Gasteiger partial charge in [0.25, 0.3) is 5.91 Å². The zero-order chi connectivity index (χ0) is 23.6. The van der Waals surface area contributed by atoms with Crippen LogP contribution in [-0.4, -0.2) is 18.5 Å². The summed E-state index contributed by atoms with van der Waals surface area (Å²) in [4.78, 5) is 27.5. The molecule has 3 aromatic rings. The summed E-state index contributed by atoms with van der Waals surface area (Å²) in [5.41, 5.74) is 5.37. The van der Waals surface area contributed by atoms with Gasteiger partial charge in [0.15, 0.2) is 0 Å². The second-order valence-corrected chi connectivity index (χ2v) is 11.4. The second kappa shape index (κ2) is 9.82. The van der Waals surface area contributed by atoms with Crippen LogP contribution in [0.3, 0.4) is 0 Å². The fourth-order valence-electron chi connectivity index (χ4n) is 4.14. The van der Waals surface area contributed by atoms with Crippen molar-refractivity contribution in [3.63, 3.8) is 0 Å². The van der Waals surface area contributed by atoms with Crippen LogP contribution in [0.4, 0.5) is 5.00 Å². The van der Waals surface area contributed by atoms with Gasteiger partial charge >= 0.3 is 5.97 Å². The van der Waals surface area contributed by atoms with Crippen LogP contribution in [0.5, 0.6) is 0 Å². The lowest BCUT2D eigenvalue weighted by Gasteiger charge is -2.19. The maximum atomic E-state index is 13.2. The fourth-order valence-corrected chi connectivity index (χ4v) is 6.21. The predicted octanol–water partition coefficient (Wildman–Crippen LogP) is 7.47. The van der Waals surface area contributed by atoms with Crippen LogP contribution in [-0.2, 0) is 23.0 Å². The van der Waals surface area contributed by atoms with E-state index in [0.717, 1.165) is 42.4 Å². The van der Waals surface area contributed by atoms with Crippen molar-refractivity contribution >= 4 is 39.6 Å². The molecule has 2 heterocycles. The number of aryl methyl sites for hydroxylation is 1. The van der Waals surface area contributed by atoms with E-state index in [1.54, 1.807) is 11.3 Å². The van der Waals surface area contributed by atoms with E-state index >= 15 is 0 Å². The van der Waals surface area contributed by atoms with Gasteiger partial charge in [-0.2, -0.15) is 0 Å². The summed E-state index contributed by atoms with van der Waals surface area (Å²) in [5.74, 6) is -0.536. The van der Waals surface area contributed by atoms with Crippen LogP contribution in [0, 0.1) is 0 Å². The van der Waals surface area contributed by atoms with Crippen molar-refractivity contribution in [1.29, 1.82) is 0 Å². The van der Waals surface area contributed by atoms with Crippen LogP contribution >= 0.6 is 22.7 Å². The number of anilines is 1. The van der Waals surface area contributed by atoms with E-state index in [0.29, 0.717) is 17.2 Å². The van der Waals surface area contributed by atoms with Crippen molar-refractivity contribution in [1.82, 2.24) is 0 Å². The quantitative estimate of drug-likeness (QED) is 0.372. The number of nitrogens with one attached hydrogen (secondary N) is 1. The molecule has 0 spiro atoms. The first-order valence-electron chi connectivity index (χ1n) is 11.6. The largest absolute Gasteiger partial charge is 0.462 e. The molecule has 4 nitrogen and oxygen atoms in total. The number of carbonyl (C=O) groups is 2. The zero-order valence-electron chi connectivity index (χ0n) is 19.7. The van der Waals surface area contributed by atoms with Crippen molar-refractivity contribution in [3.05, 3.63) is 62.2 Å². The van der Waals surface area contributed by atoms with Crippen molar-refractivity contribution in [2.45, 2.75) is 65.2 Å². The molecule has 1 aromatic carbocycles. The first-order valence-corrected chi connectivity index (χ1v) is 13.4. The monoisotopic (exact) mass is 481 g/mol. The molecule has 33 heavy (non-hydrogen) atoms. The number of rotatable bonds is 6. The van der Waals surface area contributed by atoms with Crippen LogP contribution < -0.4 is 5.32 Å². The Morgan fingerprint density at radius 1 is 1.03 bits per heavy atom. The van der Waals surface area contributed by atoms with Gasteiger partial charge in [0.05, 0.1) is 12.2 Å². The SMILES string of the molecule is CCCOC(=O)c1c(-c2ccc(C(C)(C)C)cc2)csc1NC(=O)c1csc2c1CCCC2. The average Bonchev–Trinajstić information content (AvgIpc) is 3.41. The van der Waals surface area contributed by atoms with Gasteiger partial charge in [-0.3, -0.25) is 4.79 Å². The van der Waals surface area contributed by atoms with Gasteiger partial charge in [-0.15, -0.1) is 22.7 Å². The van der Waals surface area contributed by atoms with Gasteiger partial charge in [-0.05, 0) is 54.2 Å². The Balaban J connectivity index is 1.67. The Kier molecular flexibility index (Phi) is 7.05. The first-order chi connectivity index (χ1) is 15.8. The van der Waals surface area contributed by atoms with E-state index in [9.17, 15) is 9.59 Å². The summed E-state index contributed by atoms with van der Waals surface area (Å²) in [6, 6.07) is 8.29. The highest BCUT2D eigenvalue weighted by Gasteiger charge is 2.26. The van der Waals surface area contributed by atoms with E-state index in [1.165, 1.54) is 33.8 Å². The Labute approximate surface area is 204 Å². The summed E-state index contributed by atoms with van der Waals surface area (Å²) in [6.07, 6.45) is 5.04. The van der Waals surface area contributed by atoms with Crippen LogP contribution in [0.1, 0.15) is 83.7 Å². The molecule has 6 heteroatoms. The Morgan fingerprint density at radius 2 is 1.76 bits per heavy atom. The standard InChI is InChI=1S/C27H31NO3S2/c1-5-14-31-26(30)23-20(17-10-12-18(13-11-17)27(2,3)4)15-33-25(23)28-24(29)21-16-32-22-9-7-6-8-19(21)22/h10-13,15-16H,5-9,14H2,1-4H3,(H,28,29). The molecule has 1 amide bonds. The highest BCUT2D eigenvalue weighted by Crippen LogP contribution is 2.38. The minimum Gasteiger partial charge on any atom is -0.462 e. The van der Waals surface area contributed by atoms with Crippen LogP contribution in [0.15, 0.2) is 35.0 Å². The minimum absolute atomic E-state index is 0.0505. The summed E-state index contributed by atoms with van der Waals surface area (Å²) < 4.78 is 5.50. The lowest BCUT2D eigenvalue weighted by Crippen LogP contribution is -2.16. The van der Waals surface area contributed by atoms with Crippen LogP contribution in [0.25, 0.3) is 11.1 Å². The summed E-state index contributed by atoms with van der Waals surface area (Å²) in [5, 5.41) is 7.48. The molecule has 2 aromatic heterocycles. The summed E-state index contributed by atoms with van der Waals surface area (Å²) in [6.45, 7) is 8.85. The van der Waals surface area contributed by atoms with E-state index in [1.807, 2.05) is 29.8 Å². The normalized spacial score (nSPS) is 13.5. The number of benzene rings is 1. The Morgan fingerprint density at radius 3 is 2.45 bits per heavy atom. The van der Waals surface area contributed by atoms with Gasteiger partial charge in [0, 0.05) is 21.2 Å². The Bertz CT molecular complexity index is 1150. The third kappa shape index (κ3) is 5.07. The number of esters is 1. The van der Waals surface area contributed by atoms with E-state index < -0.39 is 5.97 Å². The molecule has 0 fully saturated rings. The molecule has 0 aliphatic heterocycles. The molecular weight excluding hydrogens is 450 g/mol. The predicted molar refractivity (Wildman–Crippen MR) is 138 cm³/mol. The van der Waals surface area contributed by atoms with E-state index in [4.69, 9.17) is 4.74 Å². The van der Waals surface area contributed by atoms with Crippen LogP contribution in [0.2, 0.25) is 0 Å². The molecule has 1 N–H and O–H groups in total. The lowest BCUT2D eigenvalue weighted by molar-refractivity contribution is 0.0507. The molecule has 0 radical (unpaired) electrons. The van der Waals surface area contributed by atoms with E-state index in [2.05, 4.69) is 38.2 Å². The number of hydrogen-bond donors (Lipinski definition) is 1. The number of fused-ring (bicyclic) bond motifs is 1. The van der Waals surface area contributed by atoms with Crippen molar-refractivity contribution < 1.29 is 14.3 Å². The first kappa shape index (κ1) is 23.7. The molecule has 0 saturated heterocycles. The van der Waals surface area contributed by atoms with Gasteiger partial charge in [-0.1, -0.05) is 52.0 Å². The van der Waals surface area contributed by atoms with Crippen molar-refractivity contribution in [2.24, 2.45) is 0 Å². The summed E-state index contributed by atoms with van der Waals surface area (Å²) in [7, 11) is 0. The topological polar surface area (TPSA) is 55.4 Å². The Hall–Kier alpha value is -2.44. The molecular formula is C27H31NO3S2. The number of carbonyl (C=O) groups excluding carboxylic acids is 2. The minimum atomic E-state index is -0.393. The highest BCUT2D eigenvalue weighted by molar-refractivity contribution is 7.15. The van der Waals surface area contributed by atoms with Gasteiger partial charge in [-0.25, -0.2) is 4.79 Å². The molecule has 174 valence electrons. The van der Waals surface area contributed by atoms with E-state index in [-0.39, 0.29) is 11.3 Å². The van der Waals surface area contributed by atoms with Gasteiger partial charge < -0.3 is 10.1 Å². The molecule has 4 rings (SSSR count). The smallest absolute Gasteiger partial charge is 0.341 e. The molecule has 0 unspecified atom stereocenters. The molecule has 1 aliphatic carbocycles. The fraction of sp³-hybridized carbons (Fsp3) is 0.407. The number of thiophene rings is 2. The maximum Gasteiger partial charge on any atom is 0.341 e. The van der Waals surface area contributed by atoms with Gasteiger partial charge in [0.1, 0.15) is 10.6 Å². The lowest BCUT2D eigenvalue weighted by atomic mass is 9.86. The number of amides is 1.